The van der Waals surface area contributed by atoms with Gasteiger partial charge < -0.3 is 10.2 Å². The number of aromatic hydroxyl groups is 1. The van der Waals surface area contributed by atoms with Gasteiger partial charge in [0.15, 0.2) is 5.78 Å². The molecule has 2 N–H and O–H groups in total. The lowest BCUT2D eigenvalue weighted by Crippen LogP contribution is -2.34. The van der Waals surface area contributed by atoms with Gasteiger partial charge in [-0.2, -0.15) is 0 Å². The standard InChI is InChI=1S/C24H29NO3/c1-16-7-17(2)9-18(8-16)10-24(28)11-20-13-25(14-21(20)12-24)15-23(27)19-3-5-22(26)6-4-19/h3-9,20-21,26,28H,10-15H2,1-2H3. The van der Waals surface area contributed by atoms with Gasteiger partial charge in [0.25, 0.3) is 0 Å². The van der Waals surface area contributed by atoms with Crippen molar-refractivity contribution in [2.75, 3.05) is 19.6 Å². The maximum atomic E-state index is 12.5. The Hall–Kier alpha value is -2.17. The summed E-state index contributed by atoms with van der Waals surface area (Å²) in [5.74, 6) is 1.19. The van der Waals surface area contributed by atoms with Crippen molar-refractivity contribution in [3.05, 3.63) is 64.7 Å². The molecule has 2 fully saturated rings. The molecular weight excluding hydrogens is 350 g/mol. The van der Waals surface area contributed by atoms with Crippen molar-refractivity contribution in [2.45, 2.75) is 38.7 Å². The van der Waals surface area contributed by atoms with Crippen LogP contribution in [-0.4, -0.2) is 46.1 Å². The molecule has 2 unspecified atom stereocenters. The van der Waals surface area contributed by atoms with E-state index in [1.54, 1.807) is 24.3 Å². The molecule has 1 saturated carbocycles. The first-order chi connectivity index (χ1) is 13.3. The van der Waals surface area contributed by atoms with Crippen LogP contribution in [-0.2, 0) is 6.42 Å². The molecule has 4 rings (SSSR count). The molecule has 0 amide bonds. The number of hydrogen-bond donors (Lipinski definition) is 2. The number of rotatable bonds is 5. The van der Waals surface area contributed by atoms with Gasteiger partial charge in [0.05, 0.1) is 12.1 Å². The van der Waals surface area contributed by atoms with Gasteiger partial charge in [-0.25, -0.2) is 0 Å². The molecule has 1 aliphatic carbocycles. The van der Waals surface area contributed by atoms with Crippen LogP contribution in [0.1, 0.15) is 39.9 Å². The van der Waals surface area contributed by atoms with E-state index in [4.69, 9.17) is 0 Å². The summed E-state index contributed by atoms with van der Waals surface area (Å²) in [4.78, 5) is 14.7. The van der Waals surface area contributed by atoms with E-state index in [0.717, 1.165) is 32.4 Å². The number of benzene rings is 2. The SMILES string of the molecule is Cc1cc(C)cc(CC2(O)CC3CN(CC(=O)c4ccc(O)cc4)CC3C2)c1. The van der Waals surface area contributed by atoms with Gasteiger partial charge in [-0.15, -0.1) is 0 Å². The number of nitrogens with zero attached hydrogens (tertiary/aromatic N) is 1. The van der Waals surface area contributed by atoms with Crippen molar-refractivity contribution >= 4 is 5.78 Å². The molecule has 2 atom stereocenters. The molecule has 0 aromatic heterocycles. The summed E-state index contributed by atoms with van der Waals surface area (Å²) in [6.07, 6.45) is 2.35. The minimum atomic E-state index is -0.622. The molecule has 1 aliphatic heterocycles. The van der Waals surface area contributed by atoms with Crippen LogP contribution in [0.3, 0.4) is 0 Å². The number of ketones is 1. The number of carbonyl (C=O) groups is 1. The van der Waals surface area contributed by atoms with E-state index in [1.165, 1.54) is 16.7 Å². The summed E-state index contributed by atoms with van der Waals surface area (Å²) >= 11 is 0. The van der Waals surface area contributed by atoms with Gasteiger partial charge in [-0.3, -0.25) is 9.69 Å². The quantitative estimate of drug-likeness (QED) is 0.781. The highest BCUT2D eigenvalue weighted by Crippen LogP contribution is 2.45. The van der Waals surface area contributed by atoms with Crippen LogP contribution in [0.25, 0.3) is 0 Å². The van der Waals surface area contributed by atoms with Crippen LogP contribution in [0.2, 0.25) is 0 Å². The molecule has 148 valence electrons. The van der Waals surface area contributed by atoms with E-state index in [2.05, 4.69) is 36.9 Å². The van der Waals surface area contributed by atoms with Crippen molar-refractivity contribution in [1.29, 1.82) is 0 Å². The third-order valence-corrected chi connectivity index (χ3v) is 6.31. The van der Waals surface area contributed by atoms with Gasteiger partial charge >= 0.3 is 0 Å². The Labute approximate surface area is 166 Å². The highest BCUT2D eigenvalue weighted by Gasteiger charge is 2.48. The summed E-state index contributed by atoms with van der Waals surface area (Å²) in [5.41, 5.74) is 3.73. The third kappa shape index (κ3) is 4.13. The second-order valence-electron chi connectivity index (χ2n) is 8.99. The van der Waals surface area contributed by atoms with Gasteiger partial charge in [0.1, 0.15) is 5.75 Å². The molecule has 4 nitrogen and oxygen atoms in total. The zero-order valence-electron chi connectivity index (χ0n) is 16.7. The maximum absolute atomic E-state index is 12.5. The fourth-order valence-electron chi connectivity index (χ4n) is 5.32. The highest BCUT2D eigenvalue weighted by atomic mass is 16.3. The van der Waals surface area contributed by atoms with Crippen molar-refractivity contribution in [1.82, 2.24) is 4.90 Å². The minimum absolute atomic E-state index is 0.0884. The summed E-state index contributed by atoms with van der Waals surface area (Å²) in [7, 11) is 0. The van der Waals surface area contributed by atoms with E-state index in [1.807, 2.05) is 0 Å². The maximum Gasteiger partial charge on any atom is 0.176 e. The van der Waals surface area contributed by atoms with E-state index < -0.39 is 5.60 Å². The van der Waals surface area contributed by atoms with Gasteiger partial charge in [0, 0.05) is 25.1 Å². The zero-order chi connectivity index (χ0) is 19.9. The first-order valence-corrected chi connectivity index (χ1v) is 10.1. The van der Waals surface area contributed by atoms with Gasteiger partial charge in [-0.1, -0.05) is 29.3 Å². The Morgan fingerprint density at radius 3 is 2.18 bits per heavy atom. The molecular formula is C24H29NO3. The van der Waals surface area contributed by atoms with E-state index >= 15 is 0 Å². The first kappa shape index (κ1) is 19.2. The number of aliphatic hydroxyl groups is 1. The highest BCUT2D eigenvalue weighted by molar-refractivity contribution is 5.97. The summed E-state index contributed by atoms with van der Waals surface area (Å²) in [6.45, 7) is 6.38. The van der Waals surface area contributed by atoms with Crippen LogP contribution in [0, 0.1) is 25.7 Å². The molecule has 2 aromatic rings. The molecule has 0 spiro atoms. The lowest BCUT2D eigenvalue weighted by atomic mass is 9.90. The molecule has 28 heavy (non-hydrogen) atoms. The number of carbonyl (C=O) groups excluding carboxylic acids is 1. The topological polar surface area (TPSA) is 60.8 Å². The lowest BCUT2D eigenvalue weighted by Gasteiger charge is -2.26. The molecule has 0 radical (unpaired) electrons. The second-order valence-corrected chi connectivity index (χ2v) is 8.99. The van der Waals surface area contributed by atoms with Gasteiger partial charge in [0.2, 0.25) is 0 Å². The number of aryl methyl sites for hydroxylation is 2. The van der Waals surface area contributed by atoms with Crippen LogP contribution < -0.4 is 0 Å². The van der Waals surface area contributed by atoms with E-state index in [9.17, 15) is 15.0 Å². The number of fused-ring (bicyclic) bond motifs is 1. The van der Waals surface area contributed by atoms with E-state index in [-0.39, 0.29) is 11.5 Å². The molecule has 0 bridgehead atoms. The molecule has 1 saturated heterocycles. The van der Waals surface area contributed by atoms with Crippen molar-refractivity contribution in [2.24, 2.45) is 11.8 Å². The fourth-order valence-corrected chi connectivity index (χ4v) is 5.32. The van der Waals surface area contributed by atoms with Crippen molar-refractivity contribution in [3.8, 4) is 5.75 Å². The Bertz CT molecular complexity index is 840. The normalized spacial score (nSPS) is 27.1. The summed E-state index contributed by atoms with van der Waals surface area (Å²) < 4.78 is 0. The summed E-state index contributed by atoms with van der Waals surface area (Å²) in [5, 5.41) is 20.6. The minimum Gasteiger partial charge on any atom is -0.508 e. The number of phenols is 1. The Balaban J connectivity index is 1.35. The van der Waals surface area contributed by atoms with Crippen LogP contribution in [0.4, 0.5) is 0 Å². The Morgan fingerprint density at radius 1 is 1.04 bits per heavy atom. The number of Topliss-reactive ketones (excluding diaryl/α,β-unsaturated/α-hetero) is 1. The predicted octanol–water partition coefficient (Wildman–Crippen LogP) is 3.51. The van der Waals surface area contributed by atoms with Gasteiger partial charge in [-0.05, 0) is 68.4 Å². The first-order valence-electron chi connectivity index (χ1n) is 10.1. The average Bonchev–Trinajstić information content (AvgIpc) is 3.08. The lowest BCUT2D eigenvalue weighted by molar-refractivity contribution is 0.0355. The second kappa shape index (κ2) is 7.34. The van der Waals surface area contributed by atoms with Crippen LogP contribution >= 0.6 is 0 Å². The molecule has 2 aliphatic rings. The average molecular weight is 380 g/mol. The largest absolute Gasteiger partial charge is 0.508 e. The molecule has 1 heterocycles. The molecule has 2 aromatic carbocycles. The summed E-state index contributed by atoms with van der Waals surface area (Å²) in [6, 6.07) is 13.0. The Morgan fingerprint density at radius 2 is 1.61 bits per heavy atom. The molecule has 4 heteroatoms. The van der Waals surface area contributed by atoms with Crippen LogP contribution in [0.5, 0.6) is 5.75 Å². The van der Waals surface area contributed by atoms with Crippen LogP contribution in [0.15, 0.2) is 42.5 Å². The zero-order valence-corrected chi connectivity index (χ0v) is 16.7. The fraction of sp³-hybridized carbons (Fsp3) is 0.458. The van der Waals surface area contributed by atoms with Crippen molar-refractivity contribution < 1.29 is 15.0 Å². The predicted molar refractivity (Wildman–Crippen MR) is 110 cm³/mol. The third-order valence-electron chi connectivity index (χ3n) is 6.31. The number of hydrogen-bond acceptors (Lipinski definition) is 4. The smallest absolute Gasteiger partial charge is 0.176 e. The number of phenolic OH excluding ortho intramolecular Hbond substituents is 1. The van der Waals surface area contributed by atoms with Crippen molar-refractivity contribution in [3.63, 3.8) is 0 Å². The monoisotopic (exact) mass is 379 g/mol. The number of likely N-dealkylation sites (tertiary alicyclic amines) is 1. The Kier molecular flexibility index (Phi) is 5.02. The van der Waals surface area contributed by atoms with E-state index in [0.29, 0.717) is 23.9 Å².